The number of carbonyl (C=O) groups is 1. The van der Waals surface area contributed by atoms with Gasteiger partial charge in [-0.15, -0.1) is 0 Å². The molecule has 1 atom stereocenters. The maximum absolute atomic E-state index is 11.2. The molecule has 0 bridgehead atoms. The minimum absolute atomic E-state index is 0.00567. The van der Waals surface area contributed by atoms with E-state index < -0.39 is 10.8 Å². The van der Waals surface area contributed by atoms with Crippen LogP contribution in [-0.4, -0.2) is 28.4 Å². The Morgan fingerprint density at radius 2 is 2.33 bits per heavy atom. The summed E-state index contributed by atoms with van der Waals surface area (Å²) in [5.41, 5.74) is 10.4. The summed E-state index contributed by atoms with van der Waals surface area (Å²) in [5.74, 6) is -0.539. The zero-order valence-corrected chi connectivity index (χ0v) is 9.92. The summed E-state index contributed by atoms with van der Waals surface area (Å²) in [5, 5.41) is 13.4. The van der Waals surface area contributed by atoms with Crippen molar-refractivity contribution in [3.8, 4) is 0 Å². The van der Waals surface area contributed by atoms with Gasteiger partial charge in [0.2, 0.25) is 0 Å². The number of nitrogens with zero attached hydrogens (tertiary/aromatic N) is 2. The fraction of sp³-hybridized carbons (Fsp3) is 0.400. The Bertz CT molecular complexity index is 461. The lowest BCUT2D eigenvalue weighted by atomic mass is 10.2. The third-order valence-corrected chi connectivity index (χ3v) is 2.24. The third-order valence-electron chi connectivity index (χ3n) is 2.24. The van der Waals surface area contributed by atoms with Crippen LogP contribution in [0.2, 0.25) is 0 Å². The fourth-order valence-electron chi connectivity index (χ4n) is 1.30. The number of anilines is 1. The molecular formula is C10H15N5O3. The number of amides is 1. The van der Waals surface area contributed by atoms with Gasteiger partial charge in [0.05, 0.1) is 10.5 Å². The van der Waals surface area contributed by atoms with E-state index >= 15 is 0 Å². The minimum Gasteiger partial charge on any atom is -0.369 e. The molecule has 8 heteroatoms. The zero-order chi connectivity index (χ0) is 13.7. The molecule has 0 saturated heterocycles. The van der Waals surface area contributed by atoms with Crippen LogP contribution in [0.4, 0.5) is 11.5 Å². The van der Waals surface area contributed by atoms with Gasteiger partial charge in [-0.3, -0.25) is 14.9 Å². The van der Waals surface area contributed by atoms with E-state index in [0.29, 0.717) is 13.0 Å². The van der Waals surface area contributed by atoms with E-state index in [1.165, 1.54) is 0 Å². The van der Waals surface area contributed by atoms with E-state index in [2.05, 4.69) is 10.3 Å². The number of hydrogen-bond donors (Lipinski definition) is 3. The lowest BCUT2D eigenvalue weighted by molar-refractivity contribution is -0.385. The maximum atomic E-state index is 11.2. The predicted molar refractivity (Wildman–Crippen MR) is 66.2 cm³/mol. The molecule has 1 rings (SSSR count). The normalized spacial score (nSPS) is 11.9. The topological polar surface area (TPSA) is 137 Å². The Morgan fingerprint density at radius 1 is 1.67 bits per heavy atom. The van der Waals surface area contributed by atoms with Gasteiger partial charge < -0.3 is 16.8 Å². The fourth-order valence-corrected chi connectivity index (χ4v) is 1.30. The zero-order valence-electron chi connectivity index (χ0n) is 9.92. The van der Waals surface area contributed by atoms with Crippen molar-refractivity contribution in [2.75, 3.05) is 11.9 Å². The second-order valence-corrected chi connectivity index (χ2v) is 3.90. The van der Waals surface area contributed by atoms with Crippen LogP contribution in [0.25, 0.3) is 0 Å². The van der Waals surface area contributed by atoms with Crippen molar-refractivity contribution in [1.82, 2.24) is 4.98 Å². The molecule has 0 aliphatic carbocycles. The first-order valence-corrected chi connectivity index (χ1v) is 5.35. The Kier molecular flexibility index (Phi) is 4.55. The van der Waals surface area contributed by atoms with Crippen molar-refractivity contribution >= 4 is 17.4 Å². The van der Waals surface area contributed by atoms with E-state index in [-0.39, 0.29) is 23.1 Å². The summed E-state index contributed by atoms with van der Waals surface area (Å²) in [6.07, 6.45) is 1.75. The van der Waals surface area contributed by atoms with Gasteiger partial charge in [-0.2, -0.15) is 0 Å². The van der Waals surface area contributed by atoms with Crippen LogP contribution in [0.3, 0.4) is 0 Å². The number of nitro groups is 1. The molecule has 0 aliphatic rings. The van der Waals surface area contributed by atoms with Gasteiger partial charge in [-0.1, -0.05) is 0 Å². The molecule has 5 N–H and O–H groups in total. The van der Waals surface area contributed by atoms with E-state index in [0.717, 1.165) is 12.3 Å². The molecule has 1 heterocycles. The molecule has 1 aromatic heterocycles. The van der Waals surface area contributed by atoms with E-state index in [9.17, 15) is 14.9 Å². The number of aromatic nitrogens is 1. The molecule has 0 radical (unpaired) electrons. The Balaban J connectivity index is 2.90. The molecule has 1 amide bonds. The van der Waals surface area contributed by atoms with Crippen LogP contribution in [0, 0.1) is 10.1 Å². The van der Waals surface area contributed by atoms with Crippen LogP contribution >= 0.6 is 0 Å². The first-order chi connectivity index (χ1) is 8.41. The van der Waals surface area contributed by atoms with Gasteiger partial charge in [0.25, 0.3) is 11.6 Å². The molecule has 0 saturated carbocycles. The van der Waals surface area contributed by atoms with Crippen molar-refractivity contribution < 1.29 is 9.72 Å². The quantitative estimate of drug-likeness (QED) is 0.490. The molecule has 0 spiro atoms. The molecule has 0 aromatic carbocycles. The molecule has 8 nitrogen and oxygen atoms in total. The van der Waals surface area contributed by atoms with Crippen LogP contribution < -0.4 is 16.8 Å². The van der Waals surface area contributed by atoms with Crippen LogP contribution in [0.15, 0.2) is 12.3 Å². The molecule has 0 aliphatic heterocycles. The average Bonchev–Trinajstić information content (AvgIpc) is 2.28. The number of primary amides is 1. The van der Waals surface area contributed by atoms with Crippen LogP contribution in [0.1, 0.15) is 23.7 Å². The minimum atomic E-state index is -0.769. The molecule has 18 heavy (non-hydrogen) atoms. The highest BCUT2D eigenvalue weighted by Crippen LogP contribution is 2.18. The molecule has 0 fully saturated rings. The number of hydrogen-bond acceptors (Lipinski definition) is 6. The van der Waals surface area contributed by atoms with E-state index in [1.807, 2.05) is 6.92 Å². The summed E-state index contributed by atoms with van der Waals surface area (Å²) in [6.45, 7) is 2.35. The van der Waals surface area contributed by atoms with Gasteiger partial charge in [0, 0.05) is 18.7 Å². The number of nitrogens with one attached hydrogen (secondary N) is 1. The number of pyridine rings is 1. The largest absolute Gasteiger partial charge is 0.369 e. The Hall–Kier alpha value is -2.22. The lowest BCUT2D eigenvalue weighted by Crippen LogP contribution is -2.21. The maximum Gasteiger partial charge on any atom is 0.288 e. The highest BCUT2D eigenvalue weighted by Gasteiger charge is 2.15. The van der Waals surface area contributed by atoms with Gasteiger partial charge >= 0.3 is 0 Å². The van der Waals surface area contributed by atoms with Gasteiger partial charge in [-0.25, -0.2) is 4.98 Å². The van der Waals surface area contributed by atoms with Gasteiger partial charge in [-0.05, 0) is 13.3 Å². The monoisotopic (exact) mass is 253 g/mol. The molecule has 1 unspecified atom stereocenters. The van der Waals surface area contributed by atoms with Crippen molar-refractivity contribution in [1.29, 1.82) is 0 Å². The number of nitrogens with two attached hydrogens (primary N) is 2. The summed E-state index contributed by atoms with van der Waals surface area (Å²) in [4.78, 5) is 24.9. The highest BCUT2D eigenvalue weighted by atomic mass is 16.6. The first kappa shape index (κ1) is 13.8. The number of carbonyl (C=O) groups excluding carboxylic acids is 1. The second-order valence-electron chi connectivity index (χ2n) is 3.90. The van der Waals surface area contributed by atoms with Crippen molar-refractivity contribution in [2.45, 2.75) is 19.4 Å². The van der Waals surface area contributed by atoms with Crippen molar-refractivity contribution in [3.05, 3.63) is 27.9 Å². The van der Waals surface area contributed by atoms with Crippen molar-refractivity contribution in [2.24, 2.45) is 11.5 Å². The average molecular weight is 253 g/mol. The number of rotatable bonds is 6. The van der Waals surface area contributed by atoms with Crippen molar-refractivity contribution in [3.63, 3.8) is 0 Å². The predicted octanol–water partition coefficient (Wildman–Crippen LogP) is 0.238. The Morgan fingerprint density at radius 3 is 2.83 bits per heavy atom. The van der Waals surface area contributed by atoms with E-state index in [4.69, 9.17) is 11.5 Å². The first-order valence-electron chi connectivity index (χ1n) is 5.35. The van der Waals surface area contributed by atoms with Crippen LogP contribution in [0.5, 0.6) is 0 Å². The molecule has 98 valence electrons. The summed E-state index contributed by atoms with van der Waals surface area (Å²) >= 11 is 0. The Labute approximate surface area is 104 Å². The standard InChI is InChI=1S/C10H15N5O3/c1-6(11)2-3-13-10-8(9(12)16)4-7(5-14-10)15(17)18/h4-6H,2-3,11H2,1H3,(H2,12,16)(H,13,14). The van der Waals surface area contributed by atoms with Crippen LogP contribution in [-0.2, 0) is 0 Å². The highest BCUT2D eigenvalue weighted by molar-refractivity contribution is 5.98. The lowest BCUT2D eigenvalue weighted by Gasteiger charge is -2.10. The molecule has 1 aromatic rings. The summed E-state index contributed by atoms with van der Waals surface area (Å²) in [6, 6.07) is 1.11. The van der Waals surface area contributed by atoms with E-state index in [1.54, 1.807) is 0 Å². The smallest absolute Gasteiger partial charge is 0.288 e. The summed E-state index contributed by atoms with van der Waals surface area (Å²) < 4.78 is 0. The third kappa shape index (κ3) is 3.67. The van der Waals surface area contributed by atoms with Gasteiger partial charge in [0.15, 0.2) is 0 Å². The SMILES string of the molecule is CC(N)CCNc1ncc([N+](=O)[O-])cc1C(N)=O. The summed E-state index contributed by atoms with van der Waals surface area (Å²) in [7, 11) is 0. The second kappa shape index (κ2) is 5.92. The van der Waals surface area contributed by atoms with Gasteiger partial charge in [0.1, 0.15) is 12.0 Å². The molecular weight excluding hydrogens is 238 g/mol.